The van der Waals surface area contributed by atoms with Gasteiger partial charge in [0.05, 0.1) is 19.9 Å². The molecule has 1 saturated carbocycles. The van der Waals surface area contributed by atoms with Crippen molar-refractivity contribution in [3.05, 3.63) is 17.8 Å². The molecule has 0 amide bonds. The Morgan fingerprint density at radius 2 is 2.22 bits per heavy atom. The van der Waals surface area contributed by atoms with Crippen LogP contribution < -0.4 is 10.5 Å². The number of aromatic nitrogens is 1. The Labute approximate surface area is 106 Å². The van der Waals surface area contributed by atoms with Gasteiger partial charge < -0.3 is 15.2 Å². The summed E-state index contributed by atoms with van der Waals surface area (Å²) in [5, 5.41) is 0. The van der Waals surface area contributed by atoms with Crippen LogP contribution in [0.5, 0.6) is 5.75 Å². The molecule has 1 heterocycles. The first-order valence-electron chi connectivity index (χ1n) is 6.17. The third-order valence-electron chi connectivity index (χ3n) is 3.24. The number of rotatable bonds is 4. The average molecular weight is 250 g/mol. The van der Waals surface area contributed by atoms with E-state index in [0.29, 0.717) is 23.8 Å². The quantitative estimate of drug-likeness (QED) is 0.827. The van der Waals surface area contributed by atoms with Crippen LogP contribution in [0.2, 0.25) is 0 Å². The molecule has 0 bridgehead atoms. The van der Waals surface area contributed by atoms with Gasteiger partial charge in [-0.2, -0.15) is 0 Å². The van der Waals surface area contributed by atoms with Crippen molar-refractivity contribution in [1.82, 2.24) is 4.98 Å². The van der Waals surface area contributed by atoms with E-state index >= 15 is 0 Å². The first-order valence-corrected chi connectivity index (χ1v) is 6.17. The topological polar surface area (TPSA) is 74.4 Å². The van der Waals surface area contributed by atoms with E-state index < -0.39 is 5.97 Å². The molecule has 0 spiro atoms. The van der Waals surface area contributed by atoms with Crippen molar-refractivity contribution >= 4 is 11.8 Å². The molecule has 1 aromatic rings. The van der Waals surface area contributed by atoms with E-state index in [1.165, 1.54) is 45.1 Å². The fourth-order valence-corrected chi connectivity index (χ4v) is 2.23. The van der Waals surface area contributed by atoms with Gasteiger partial charge >= 0.3 is 5.97 Å². The maximum atomic E-state index is 11.6. The summed E-state index contributed by atoms with van der Waals surface area (Å²) in [6.07, 6.45) is 6.39. The summed E-state index contributed by atoms with van der Waals surface area (Å²) in [7, 11) is 1.33. The number of nitrogen functional groups attached to an aromatic ring is 1. The van der Waals surface area contributed by atoms with Crippen molar-refractivity contribution in [3.8, 4) is 5.75 Å². The van der Waals surface area contributed by atoms with Crippen molar-refractivity contribution in [3.63, 3.8) is 0 Å². The Hall–Kier alpha value is -1.78. The molecule has 5 heteroatoms. The SMILES string of the molecule is COC(=O)c1cc(N)ncc1OCC1CCCC1. The molecule has 0 unspecified atom stereocenters. The van der Waals surface area contributed by atoms with Crippen molar-refractivity contribution in [2.45, 2.75) is 25.7 Å². The molecular weight excluding hydrogens is 232 g/mol. The Bertz CT molecular complexity index is 428. The van der Waals surface area contributed by atoms with Gasteiger partial charge in [0.2, 0.25) is 0 Å². The average Bonchev–Trinajstić information content (AvgIpc) is 2.89. The zero-order valence-electron chi connectivity index (χ0n) is 10.5. The molecule has 1 aliphatic carbocycles. The van der Waals surface area contributed by atoms with Gasteiger partial charge in [0, 0.05) is 0 Å². The lowest BCUT2D eigenvalue weighted by Crippen LogP contribution is -2.12. The number of carbonyl (C=O) groups excluding carboxylic acids is 1. The lowest BCUT2D eigenvalue weighted by atomic mass is 10.1. The first kappa shape index (κ1) is 12.7. The summed E-state index contributed by atoms with van der Waals surface area (Å²) in [5.74, 6) is 0.852. The van der Waals surface area contributed by atoms with E-state index in [-0.39, 0.29) is 5.82 Å². The zero-order chi connectivity index (χ0) is 13.0. The van der Waals surface area contributed by atoms with Gasteiger partial charge in [0.1, 0.15) is 11.4 Å². The van der Waals surface area contributed by atoms with Crippen LogP contribution in [0.4, 0.5) is 5.82 Å². The van der Waals surface area contributed by atoms with E-state index in [0.717, 1.165) is 0 Å². The molecule has 0 aliphatic heterocycles. The molecule has 0 atom stereocenters. The Balaban J connectivity index is 2.08. The summed E-state index contributed by atoms with van der Waals surface area (Å²) in [6.45, 7) is 0.621. The van der Waals surface area contributed by atoms with Crippen molar-refractivity contribution < 1.29 is 14.3 Å². The van der Waals surface area contributed by atoms with Crippen LogP contribution in [0.15, 0.2) is 12.3 Å². The number of anilines is 1. The van der Waals surface area contributed by atoms with Crippen LogP contribution in [0.1, 0.15) is 36.0 Å². The molecule has 1 fully saturated rings. The monoisotopic (exact) mass is 250 g/mol. The van der Waals surface area contributed by atoms with Crippen LogP contribution in [0.25, 0.3) is 0 Å². The summed E-state index contributed by atoms with van der Waals surface area (Å²) in [4.78, 5) is 15.5. The van der Waals surface area contributed by atoms with Crippen molar-refractivity contribution in [2.75, 3.05) is 19.5 Å². The van der Waals surface area contributed by atoms with Crippen LogP contribution in [0.3, 0.4) is 0 Å². The van der Waals surface area contributed by atoms with Crippen LogP contribution in [-0.4, -0.2) is 24.7 Å². The van der Waals surface area contributed by atoms with E-state index in [1.54, 1.807) is 0 Å². The van der Waals surface area contributed by atoms with E-state index in [1.807, 2.05) is 0 Å². The predicted octanol–water partition coefficient (Wildman–Crippen LogP) is 2.02. The fraction of sp³-hybridized carbons (Fsp3) is 0.538. The largest absolute Gasteiger partial charge is 0.491 e. The third kappa shape index (κ3) is 2.91. The Kier molecular flexibility index (Phi) is 4.02. The highest BCUT2D eigenvalue weighted by Crippen LogP contribution is 2.27. The number of carbonyl (C=O) groups is 1. The van der Waals surface area contributed by atoms with Gasteiger partial charge in [-0.3, -0.25) is 0 Å². The van der Waals surface area contributed by atoms with Crippen LogP contribution >= 0.6 is 0 Å². The predicted molar refractivity (Wildman–Crippen MR) is 67.4 cm³/mol. The van der Waals surface area contributed by atoms with Crippen LogP contribution in [0, 0.1) is 5.92 Å². The fourth-order valence-electron chi connectivity index (χ4n) is 2.23. The maximum Gasteiger partial charge on any atom is 0.341 e. The van der Waals surface area contributed by atoms with Gasteiger partial charge in [0.15, 0.2) is 5.75 Å². The van der Waals surface area contributed by atoms with Gasteiger partial charge in [-0.25, -0.2) is 9.78 Å². The number of methoxy groups -OCH3 is 1. The van der Waals surface area contributed by atoms with E-state index in [4.69, 9.17) is 15.2 Å². The molecule has 0 radical (unpaired) electrons. The standard InChI is InChI=1S/C13H18N2O3/c1-17-13(16)10-6-12(14)15-7-11(10)18-8-9-4-2-3-5-9/h6-7,9H,2-5,8H2,1H3,(H2,14,15). The Morgan fingerprint density at radius 1 is 1.50 bits per heavy atom. The number of ether oxygens (including phenoxy) is 2. The molecule has 2 N–H and O–H groups in total. The molecule has 98 valence electrons. The molecular formula is C13H18N2O3. The molecule has 0 aromatic carbocycles. The molecule has 5 nitrogen and oxygen atoms in total. The van der Waals surface area contributed by atoms with E-state index in [9.17, 15) is 4.79 Å². The van der Waals surface area contributed by atoms with Gasteiger partial charge in [0.25, 0.3) is 0 Å². The zero-order valence-corrected chi connectivity index (χ0v) is 10.5. The normalized spacial score (nSPS) is 15.6. The molecule has 18 heavy (non-hydrogen) atoms. The minimum absolute atomic E-state index is 0.281. The second kappa shape index (κ2) is 5.71. The number of hydrogen-bond acceptors (Lipinski definition) is 5. The summed E-state index contributed by atoms with van der Waals surface area (Å²) in [6, 6.07) is 1.48. The first-order chi connectivity index (χ1) is 8.70. The van der Waals surface area contributed by atoms with Gasteiger partial charge in [-0.05, 0) is 24.8 Å². The Morgan fingerprint density at radius 3 is 2.89 bits per heavy atom. The lowest BCUT2D eigenvalue weighted by Gasteiger charge is -2.13. The van der Waals surface area contributed by atoms with E-state index in [2.05, 4.69) is 4.98 Å². The highest BCUT2D eigenvalue weighted by atomic mass is 16.5. The third-order valence-corrected chi connectivity index (χ3v) is 3.24. The van der Waals surface area contributed by atoms with Crippen LogP contribution in [-0.2, 0) is 4.74 Å². The van der Waals surface area contributed by atoms with Gasteiger partial charge in [-0.1, -0.05) is 12.8 Å². The summed E-state index contributed by atoms with van der Waals surface area (Å²) < 4.78 is 10.4. The maximum absolute atomic E-state index is 11.6. The highest BCUT2D eigenvalue weighted by Gasteiger charge is 2.18. The lowest BCUT2D eigenvalue weighted by molar-refractivity contribution is 0.0595. The molecule has 2 rings (SSSR count). The summed E-state index contributed by atoms with van der Waals surface area (Å²) >= 11 is 0. The highest BCUT2D eigenvalue weighted by molar-refractivity contribution is 5.93. The smallest absolute Gasteiger partial charge is 0.341 e. The minimum Gasteiger partial charge on any atom is -0.491 e. The van der Waals surface area contributed by atoms with Gasteiger partial charge in [-0.15, -0.1) is 0 Å². The number of pyridine rings is 1. The molecule has 0 saturated heterocycles. The second-order valence-corrected chi connectivity index (χ2v) is 4.56. The van der Waals surface area contributed by atoms with Crippen molar-refractivity contribution in [1.29, 1.82) is 0 Å². The molecule has 1 aliphatic rings. The second-order valence-electron chi connectivity index (χ2n) is 4.56. The number of hydrogen-bond donors (Lipinski definition) is 1. The number of nitrogens with two attached hydrogens (primary N) is 1. The van der Waals surface area contributed by atoms with Crippen molar-refractivity contribution in [2.24, 2.45) is 5.92 Å². The molecule has 1 aromatic heterocycles. The number of esters is 1. The minimum atomic E-state index is -0.453. The summed E-state index contributed by atoms with van der Waals surface area (Å²) in [5.41, 5.74) is 5.90. The number of nitrogens with zero attached hydrogens (tertiary/aromatic N) is 1.